The standard InChI is InChI=1S/C114H118O20/c1-77-65-98(86-23-27-88(28-24-86)100-74-108-102(68-80(100)4)96-38-30-90(84-15-11-8-12-16-84)70-106(96)114(108,92-33-19-82(20-34-92)76-132-60-58-128-52-50-124-44-42-116)94-36-40-110(104(72-94)112(119)120)134-64-62-130-56-54-126-48-46-122-6)78(2)66-97(77)85-21-25-87(26-22-85)99-73-107-101(67-79(99)3)95-37-29-89(83-13-9-7-10-14-83)69-105(95)113(107,91-31-17-81(18-32-91)75-131-59-57-127-51-49-123-43-41-115)93-35-39-109(103(71-93)111(117)118)133-63-61-129-55-53-125-47-45-121-5/h7-40,65-74,115-116H,41-64,75-76H2,1-6H3,(H,117,118)(H,119,120). The molecule has 0 aromatic heterocycles. The summed E-state index contributed by atoms with van der Waals surface area (Å²) >= 11 is 0. The predicted molar refractivity (Wildman–Crippen MR) is 521 cm³/mol. The number of aliphatic hydroxyl groups excluding tert-OH is 2. The Labute approximate surface area is 784 Å². The SMILES string of the molecule is COCCOCCOCCOc1ccc(C2(c3ccc(COCCOCCOCCO)cc3)c3cc(-c4ccccc4)ccc3-c3cc(C)c(-c4ccc(-c5cc(C)c(-c6ccc(-c7cc8c(cc7C)-c7ccc(-c9ccccc9)cc7C8(c7ccc(COCCOCCOCCO)cc7)c7ccc(OCCOCCOCCOC)c(C(=O)O)c7)cc6)cc5C)cc4)cc32)cc1C(=O)O. The first-order valence-electron chi connectivity index (χ1n) is 45.9. The van der Waals surface area contributed by atoms with E-state index in [0.29, 0.717) is 119 Å². The van der Waals surface area contributed by atoms with Crippen LogP contribution in [0.4, 0.5) is 0 Å². The van der Waals surface area contributed by atoms with Gasteiger partial charge in [-0.25, -0.2) is 9.59 Å². The molecule has 0 bridgehead atoms. The molecular formula is C114H118O20. The van der Waals surface area contributed by atoms with Crippen molar-refractivity contribution in [2.45, 2.75) is 51.7 Å². The minimum absolute atomic E-state index is 0.0185. The van der Waals surface area contributed by atoms with Crippen molar-refractivity contribution < 1.29 is 96.3 Å². The number of carboxylic acid groups (broad SMARTS) is 2. The Kier molecular flexibility index (Phi) is 33.9. The number of carbonyl (C=O) groups is 2. The van der Waals surface area contributed by atoms with Crippen LogP contribution in [0.25, 0.3) is 89.0 Å². The maximum Gasteiger partial charge on any atom is 0.339 e. The monoisotopic (exact) mass is 1810 g/mol. The molecule has 2 aliphatic carbocycles. The highest BCUT2D eigenvalue weighted by atomic mass is 16.6. The van der Waals surface area contributed by atoms with Crippen LogP contribution in [0.1, 0.15) is 98.6 Å². The maximum absolute atomic E-state index is 13.8. The number of hydrogen-bond acceptors (Lipinski definition) is 18. The molecule has 134 heavy (non-hydrogen) atoms. The summed E-state index contributed by atoms with van der Waals surface area (Å²) in [5.74, 6) is -1.81. The number of ether oxygens (including phenoxy) is 14. The summed E-state index contributed by atoms with van der Waals surface area (Å²) < 4.78 is 80.1. The third-order valence-electron chi connectivity index (χ3n) is 24.9. The van der Waals surface area contributed by atoms with Crippen molar-refractivity contribution in [3.8, 4) is 101 Å². The van der Waals surface area contributed by atoms with Gasteiger partial charge in [0.2, 0.25) is 0 Å². The molecule has 4 N–H and O–H groups in total. The molecule has 20 nitrogen and oxygen atoms in total. The van der Waals surface area contributed by atoms with Crippen LogP contribution >= 0.6 is 0 Å². The molecule has 0 spiro atoms. The minimum Gasteiger partial charge on any atom is -0.490 e. The number of aliphatic hydroxyl groups is 2. The summed E-state index contributed by atoms with van der Waals surface area (Å²) in [5.41, 5.74) is 28.2. The Morgan fingerprint density at radius 3 is 0.843 bits per heavy atom. The van der Waals surface area contributed by atoms with Crippen LogP contribution in [0, 0.1) is 27.7 Å². The zero-order valence-corrected chi connectivity index (χ0v) is 77.1. The van der Waals surface area contributed by atoms with Crippen molar-refractivity contribution in [1.29, 1.82) is 0 Å². The van der Waals surface area contributed by atoms with Crippen molar-refractivity contribution in [1.82, 2.24) is 0 Å². The number of methoxy groups -OCH3 is 2. The van der Waals surface area contributed by atoms with Gasteiger partial charge < -0.3 is 86.7 Å². The second-order valence-corrected chi connectivity index (χ2v) is 33.4. The summed E-state index contributed by atoms with van der Waals surface area (Å²) in [7, 11) is 3.25. The number of fused-ring (bicyclic) bond motifs is 6. The molecule has 13 aromatic rings. The van der Waals surface area contributed by atoms with Crippen LogP contribution in [0.15, 0.2) is 267 Å². The summed E-state index contributed by atoms with van der Waals surface area (Å²) in [6, 6.07) is 93.6. The van der Waals surface area contributed by atoms with Crippen LogP contribution in [0.2, 0.25) is 0 Å². The molecule has 2 atom stereocenters. The van der Waals surface area contributed by atoms with Crippen molar-refractivity contribution in [2.24, 2.45) is 0 Å². The molecular weight excluding hydrogens is 1690 g/mol. The smallest absolute Gasteiger partial charge is 0.339 e. The fourth-order valence-corrected chi connectivity index (χ4v) is 18.4. The fraction of sp³-hybridized carbons (Fsp3) is 0.298. The molecule has 20 heteroatoms. The van der Waals surface area contributed by atoms with Gasteiger partial charge in [0.15, 0.2) is 0 Å². The number of benzene rings is 13. The molecule has 0 radical (unpaired) electrons. The van der Waals surface area contributed by atoms with Gasteiger partial charge in [-0.15, -0.1) is 0 Å². The predicted octanol–water partition coefficient (Wildman–Crippen LogP) is 20.2. The highest BCUT2D eigenvalue weighted by Gasteiger charge is 2.50. The first-order chi connectivity index (χ1) is 65.7. The van der Waals surface area contributed by atoms with Gasteiger partial charge in [-0.05, 0) is 243 Å². The summed E-state index contributed by atoms with van der Waals surface area (Å²) in [4.78, 5) is 27.6. The third-order valence-corrected chi connectivity index (χ3v) is 24.9. The van der Waals surface area contributed by atoms with E-state index in [4.69, 9.17) is 76.5 Å². The lowest BCUT2D eigenvalue weighted by Crippen LogP contribution is -2.29. The minimum atomic E-state index is -1.13. The topological polar surface area (TPSA) is 244 Å². The quantitative estimate of drug-likeness (QED) is 0.0259. The lowest BCUT2D eigenvalue weighted by atomic mass is 9.66. The van der Waals surface area contributed by atoms with Gasteiger partial charge in [0, 0.05) is 14.2 Å². The van der Waals surface area contributed by atoms with Crippen molar-refractivity contribution in [2.75, 3.05) is 173 Å². The molecule has 0 amide bonds. The Morgan fingerprint density at radius 2 is 0.522 bits per heavy atom. The van der Waals surface area contributed by atoms with Gasteiger partial charge >= 0.3 is 11.9 Å². The summed E-state index contributed by atoms with van der Waals surface area (Å²) in [6.45, 7) is 16.8. The van der Waals surface area contributed by atoms with E-state index < -0.39 is 22.8 Å². The normalized spacial score (nSPS) is 14.1. The Balaban J connectivity index is 0.755. The van der Waals surface area contributed by atoms with E-state index >= 15 is 0 Å². The molecule has 0 heterocycles. The van der Waals surface area contributed by atoms with Gasteiger partial charge in [0.1, 0.15) is 35.8 Å². The van der Waals surface area contributed by atoms with Crippen molar-refractivity contribution >= 4 is 11.9 Å². The highest BCUT2D eigenvalue weighted by Crippen LogP contribution is 2.61. The van der Waals surface area contributed by atoms with E-state index in [1.165, 1.54) is 0 Å². The zero-order chi connectivity index (χ0) is 93.2. The molecule has 15 rings (SSSR count). The number of aromatic carboxylic acids is 2. The second kappa shape index (κ2) is 47.2. The summed E-state index contributed by atoms with van der Waals surface area (Å²) in [5, 5.41) is 40.7. The molecule has 0 fully saturated rings. The first-order valence-corrected chi connectivity index (χ1v) is 45.9. The zero-order valence-electron chi connectivity index (χ0n) is 77.1. The van der Waals surface area contributed by atoms with Crippen LogP contribution in [0.5, 0.6) is 11.5 Å². The molecule has 2 aliphatic rings. The third kappa shape index (κ3) is 22.2. The van der Waals surface area contributed by atoms with E-state index in [1.807, 2.05) is 48.5 Å². The number of carboxylic acids is 2. The average Bonchev–Trinajstić information content (AvgIpc) is 1.53. The molecule has 0 saturated carbocycles. The summed E-state index contributed by atoms with van der Waals surface area (Å²) in [6.07, 6.45) is 0. The average molecular weight is 1810 g/mol. The van der Waals surface area contributed by atoms with E-state index in [2.05, 4.69) is 222 Å². The maximum atomic E-state index is 13.8. The lowest BCUT2D eigenvalue weighted by molar-refractivity contribution is 0.00450. The van der Waals surface area contributed by atoms with E-state index in [1.54, 1.807) is 38.5 Å². The molecule has 2 unspecified atom stereocenters. The number of aryl methyl sites for hydroxylation is 4. The molecule has 0 aliphatic heterocycles. The van der Waals surface area contributed by atoms with Crippen molar-refractivity contribution in [3.63, 3.8) is 0 Å². The van der Waals surface area contributed by atoms with Crippen LogP contribution in [0.3, 0.4) is 0 Å². The van der Waals surface area contributed by atoms with Gasteiger partial charge in [-0.2, -0.15) is 0 Å². The van der Waals surface area contributed by atoms with Crippen LogP contribution in [-0.2, 0) is 80.9 Å². The van der Waals surface area contributed by atoms with E-state index in [0.717, 1.165) is 167 Å². The van der Waals surface area contributed by atoms with Crippen LogP contribution in [-0.4, -0.2) is 205 Å². The van der Waals surface area contributed by atoms with Gasteiger partial charge in [-0.3, -0.25) is 0 Å². The largest absolute Gasteiger partial charge is 0.490 e. The molecule has 0 saturated heterocycles. The van der Waals surface area contributed by atoms with E-state index in [9.17, 15) is 19.8 Å². The van der Waals surface area contributed by atoms with Crippen LogP contribution < -0.4 is 9.47 Å². The van der Waals surface area contributed by atoms with E-state index in [-0.39, 0.29) is 75.5 Å². The lowest BCUT2D eigenvalue weighted by Gasteiger charge is -2.35. The molecule has 694 valence electrons. The Bertz CT molecular complexity index is 5710. The van der Waals surface area contributed by atoms with Crippen molar-refractivity contribution in [3.05, 3.63) is 356 Å². The van der Waals surface area contributed by atoms with Gasteiger partial charge in [-0.1, -0.05) is 218 Å². The highest BCUT2D eigenvalue weighted by molar-refractivity contribution is 5.97. The number of hydrogen-bond donors (Lipinski definition) is 4. The molecule has 13 aromatic carbocycles. The fourth-order valence-electron chi connectivity index (χ4n) is 18.4. The van der Waals surface area contributed by atoms with Gasteiger partial charge in [0.25, 0.3) is 0 Å². The first kappa shape index (κ1) is 96.4. The van der Waals surface area contributed by atoms with Gasteiger partial charge in [0.05, 0.1) is 169 Å². The number of rotatable bonds is 52. The Morgan fingerprint density at radius 1 is 0.246 bits per heavy atom. The Hall–Kier alpha value is -12.2. The second-order valence-electron chi connectivity index (χ2n) is 33.4.